The number of carbonyl (C=O) groups is 1. The van der Waals surface area contributed by atoms with E-state index < -0.39 is 11.0 Å². The quantitative estimate of drug-likeness (QED) is 0.626. The van der Waals surface area contributed by atoms with Gasteiger partial charge in [-0.1, -0.05) is 0 Å². The van der Waals surface area contributed by atoms with E-state index in [1.54, 1.807) is 0 Å². The SMILES string of the molecule is COC(=O)Nc1ccc(OC)cc1[N+](=O)[O-]. The van der Waals surface area contributed by atoms with Crippen LogP contribution in [0.1, 0.15) is 0 Å². The molecule has 0 spiro atoms. The average Bonchev–Trinajstić information content (AvgIpc) is 2.29. The maximum atomic E-state index is 10.9. The molecule has 0 aromatic heterocycles. The van der Waals surface area contributed by atoms with Gasteiger partial charge in [-0.3, -0.25) is 15.4 Å². The van der Waals surface area contributed by atoms with E-state index in [9.17, 15) is 14.9 Å². The summed E-state index contributed by atoms with van der Waals surface area (Å²) in [5.74, 6) is 0.335. The molecule has 0 bridgehead atoms. The number of nitro benzene ring substituents is 1. The number of hydrogen-bond acceptors (Lipinski definition) is 5. The molecule has 0 atom stereocenters. The molecule has 0 aliphatic rings. The molecule has 1 amide bonds. The van der Waals surface area contributed by atoms with Crippen LogP contribution in [0.15, 0.2) is 18.2 Å². The topological polar surface area (TPSA) is 90.7 Å². The minimum absolute atomic E-state index is 0.0534. The summed E-state index contributed by atoms with van der Waals surface area (Å²) in [5.41, 5.74) is -0.206. The zero-order chi connectivity index (χ0) is 12.1. The predicted molar refractivity (Wildman–Crippen MR) is 55.7 cm³/mol. The Morgan fingerprint density at radius 2 is 2.12 bits per heavy atom. The van der Waals surface area contributed by atoms with Gasteiger partial charge in [0.1, 0.15) is 11.4 Å². The Hall–Kier alpha value is -2.31. The maximum absolute atomic E-state index is 10.9. The predicted octanol–water partition coefficient (Wildman–Crippen LogP) is 1.78. The highest BCUT2D eigenvalue weighted by atomic mass is 16.6. The molecule has 0 aliphatic carbocycles. The van der Waals surface area contributed by atoms with E-state index in [4.69, 9.17) is 4.74 Å². The molecule has 0 radical (unpaired) electrons. The fourth-order valence-electron chi connectivity index (χ4n) is 1.06. The molecule has 1 aromatic carbocycles. The highest BCUT2D eigenvalue weighted by Gasteiger charge is 2.17. The first-order chi connectivity index (χ1) is 7.58. The molecule has 1 rings (SSSR count). The smallest absolute Gasteiger partial charge is 0.411 e. The second kappa shape index (κ2) is 4.96. The molecule has 7 heteroatoms. The molecule has 0 heterocycles. The number of methoxy groups -OCH3 is 2. The zero-order valence-corrected chi connectivity index (χ0v) is 8.72. The van der Waals surface area contributed by atoms with Crippen LogP contribution in [0.2, 0.25) is 0 Å². The fraction of sp³-hybridized carbons (Fsp3) is 0.222. The highest BCUT2D eigenvalue weighted by Crippen LogP contribution is 2.28. The summed E-state index contributed by atoms with van der Waals surface area (Å²) in [6.07, 6.45) is -0.770. The van der Waals surface area contributed by atoms with Gasteiger partial charge in [0.05, 0.1) is 25.2 Å². The first kappa shape index (κ1) is 11.8. The van der Waals surface area contributed by atoms with Crippen molar-refractivity contribution in [1.29, 1.82) is 0 Å². The molecule has 0 saturated heterocycles. The van der Waals surface area contributed by atoms with Crippen LogP contribution in [-0.4, -0.2) is 25.2 Å². The minimum atomic E-state index is -0.770. The Kier molecular flexibility index (Phi) is 3.65. The molecular weight excluding hydrogens is 216 g/mol. The lowest BCUT2D eigenvalue weighted by molar-refractivity contribution is -0.384. The molecular formula is C9H10N2O5. The number of benzene rings is 1. The van der Waals surface area contributed by atoms with E-state index >= 15 is 0 Å². The molecule has 0 unspecified atom stereocenters. The van der Waals surface area contributed by atoms with Crippen LogP contribution >= 0.6 is 0 Å². The fourth-order valence-corrected chi connectivity index (χ4v) is 1.06. The van der Waals surface area contributed by atoms with Crippen LogP contribution in [0.3, 0.4) is 0 Å². The van der Waals surface area contributed by atoms with Gasteiger partial charge in [-0.2, -0.15) is 0 Å². The Morgan fingerprint density at radius 1 is 1.44 bits per heavy atom. The molecule has 7 nitrogen and oxygen atoms in total. The number of amides is 1. The Balaban J connectivity index is 3.08. The monoisotopic (exact) mass is 226 g/mol. The average molecular weight is 226 g/mol. The van der Waals surface area contributed by atoms with Gasteiger partial charge in [0, 0.05) is 0 Å². The summed E-state index contributed by atoms with van der Waals surface area (Å²) >= 11 is 0. The van der Waals surface area contributed by atoms with Gasteiger partial charge < -0.3 is 9.47 Å². The van der Waals surface area contributed by atoms with E-state index in [1.807, 2.05) is 0 Å². The maximum Gasteiger partial charge on any atom is 0.411 e. The molecule has 86 valence electrons. The lowest BCUT2D eigenvalue weighted by Crippen LogP contribution is -2.12. The number of ether oxygens (including phenoxy) is 2. The Bertz CT molecular complexity index is 418. The number of carbonyl (C=O) groups excluding carboxylic acids is 1. The van der Waals surface area contributed by atoms with Gasteiger partial charge in [-0.25, -0.2) is 4.79 Å². The van der Waals surface area contributed by atoms with E-state index in [1.165, 1.54) is 32.4 Å². The van der Waals surface area contributed by atoms with E-state index in [0.717, 1.165) is 0 Å². The van der Waals surface area contributed by atoms with Gasteiger partial charge >= 0.3 is 6.09 Å². The second-order valence-corrected chi connectivity index (χ2v) is 2.76. The minimum Gasteiger partial charge on any atom is -0.496 e. The Labute approximate surface area is 91.1 Å². The zero-order valence-electron chi connectivity index (χ0n) is 8.72. The molecule has 1 aromatic rings. The number of anilines is 1. The van der Waals surface area contributed by atoms with Crippen LogP contribution in [0, 0.1) is 10.1 Å². The van der Waals surface area contributed by atoms with E-state index in [-0.39, 0.29) is 11.4 Å². The summed E-state index contributed by atoms with van der Waals surface area (Å²) in [7, 11) is 2.57. The summed E-state index contributed by atoms with van der Waals surface area (Å²) in [5, 5.41) is 13.0. The number of rotatable bonds is 3. The van der Waals surface area contributed by atoms with Gasteiger partial charge in [0.2, 0.25) is 0 Å². The number of nitrogens with zero attached hydrogens (tertiary/aromatic N) is 1. The molecule has 0 aliphatic heterocycles. The third-order valence-electron chi connectivity index (χ3n) is 1.82. The van der Waals surface area contributed by atoms with Crippen molar-refractivity contribution < 1.29 is 19.2 Å². The number of nitro groups is 1. The van der Waals surface area contributed by atoms with Gasteiger partial charge in [0.15, 0.2) is 0 Å². The Morgan fingerprint density at radius 3 is 2.62 bits per heavy atom. The van der Waals surface area contributed by atoms with Crippen molar-refractivity contribution in [2.24, 2.45) is 0 Å². The van der Waals surface area contributed by atoms with Crippen LogP contribution < -0.4 is 10.1 Å². The van der Waals surface area contributed by atoms with Gasteiger partial charge in [0.25, 0.3) is 5.69 Å². The summed E-state index contributed by atoms with van der Waals surface area (Å²) in [4.78, 5) is 21.0. The summed E-state index contributed by atoms with van der Waals surface area (Å²) in [6.45, 7) is 0. The standard InChI is InChI=1S/C9H10N2O5/c1-15-6-3-4-7(10-9(12)16-2)8(5-6)11(13)14/h3-5H,1-2H3,(H,10,12). The van der Waals surface area contributed by atoms with Crippen molar-refractivity contribution in [3.8, 4) is 5.75 Å². The molecule has 1 N–H and O–H groups in total. The lowest BCUT2D eigenvalue weighted by Gasteiger charge is -2.06. The van der Waals surface area contributed by atoms with Crippen LogP contribution in [0.25, 0.3) is 0 Å². The molecule has 0 saturated carbocycles. The largest absolute Gasteiger partial charge is 0.496 e. The summed E-state index contributed by atoms with van der Waals surface area (Å²) in [6, 6.07) is 4.08. The third-order valence-corrected chi connectivity index (χ3v) is 1.82. The van der Waals surface area contributed by atoms with E-state index in [0.29, 0.717) is 5.75 Å². The van der Waals surface area contributed by atoms with Crippen molar-refractivity contribution in [2.45, 2.75) is 0 Å². The van der Waals surface area contributed by atoms with Gasteiger partial charge in [-0.05, 0) is 12.1 Å². The highest BCUT2D eigenvalue weighted by molar-refractivity contribution is 5.88. The van der Waals surface area contributed by atoms with Crippen LogP contribution in [0.4, 0.5) is 16.2 Å². The second-order valence-electron chi connectivity index (χ2n) is 2.76. The van der Waals surface area contributed by atoms with Crippen molar-refractivity contribution in [2.75, 3.05) is 19.5 Å². The number of hydrogen-bond donors (Lipinski definition) is 1. The molecule has 16 heavy (non-hydrogen) atoms. The van der Waals surface area contributed by atoms with Crippen molar-refractivity contribution in [1.82, 2.24) is 0 Å². The first-order valence-electron chi connectivity index (χ1n) is 4.26. The summed E-state index contributed by atoms with van der Waals surface area (Å²) < 4.78 is 9.18. The van der Waals surface area contributed by atoms with Crippen molar-refractivity contribution >= 4 is 17.5 Å². The first-order valence-corrected chi connectivity index (χ1v) is 4.26. The lowest BCUT2D eigenvalue weighted by atomic mass is 10.2. The van der Waals surface area contributed by atoms with Gasteiger partial charge in [-0.15, -0.1) is 0 Å². The van der Waals surface area contributed by atoms with Crippen molar-refractivity contribution in [3.05, 3.63) is 28.3 Å². The van der Waals surface area contributed by atoms with Crippen molar-refractivity contribution in [3.63, 3.8) is 0 Å². The number of nitrogens with one attached hydrogen (secondary N) is 1. The van der Waals surface area contributed by atoms with Crippen LogP contribution in [0.5, 0.6) is 5.75 Å². The third kappa shape index (κ3) is 2.59. The van der Waals surface area contributed by atoms with E-state index in [2.05, 4.69) is 10.1 Å². The molecule has 0 fully saturated rings. The van der Waals surface area contributed by atoms with Crippen LogP contribution in [-0.2, 0) is 4.74 Å². The normalized spacial score (nSPS) is 9.38.